The van der Waals surface area contributed by atoms with Gasteiger partial charge in [-0.1, -0.05) is 0 Å². The second-order valence-corrected chi connectivity index (χ2v) is 6.63. The lowest BCUT2D eigenvalue weighted by Gasteiger charge is -2.13. The molecule has 1 aliphatic rings. The van der Waals surface area contributed by atoms with E-state index in [4.69, 9.17) is 9.47 Å². The number of nitrogens with one attached hydrogen (secondary N) is 1. The third-order valence-electron chi connectivity index (χ3n) is 4.55. The number of carbonyl (C=O) groups is 1. The molecule has 0 atom stereocenters. The maximum Gasteiger partial charge on any atom is 0.422 e. The highest BCUT2D eigenvalue weighted by Crippen LogP contribution is 2.34. The van der Waals surface area contributed by atoms with Crippen LogP contribution in [-0.4, -0.2) is 46.0 Å². The number of rotatable bonds is 5. The van der Waals surface area contributed by atoms with Gasteiger partial charge in [-0.15, -0.1) is 0 Å². The highest BCUT2D eigenvalue weighted by molar-refractivity contribution is 6.10. The van der Waals surface area contributed by atoms with Crippen LogP contribution in [0, 0.1) is 6.92 Å². The summed E-state index contributed by atoms with van der Waals surface area (Å²) < 4.78 is 47.5. The number of H-pyrrole nitrogens is 1. The molecule has 11 heteroatoms. The average molecular weight is 419 g/mol. The summed E-state index contributed by atoms with van der Waals surface area (Å²) in [6.07, 6.45) is 0.0771. The van der Waals surface area contributed by atoms with E-state index in [9.17, 15) is 18.0 Å². The molecule has 0 saturated carbocycles. The Morgan fingerprint density at radius 3 is 2.73 bits per heavy atom. The minimum Gasteiger partial charge on any atom is -0.478 e. The Morgan fingerprint density at radius 2 is 2.07 bits per heavy atom. The van der Waals surface area contributed by atoms with Gasteiger partial charge in [0, 0.05) is 18.0 Å². The zero-order valence-corrected chi connectivity index (χ0v) is 15.9. The van der Waals surface area contributed by atoms with E-state index in [-0.39, 0.29) is 24.1 Å². The van der Waals surface area contributed by atoms with Crippen LogP contribution in [0.2, 0.25) is 0 Å². The van der Waals surface area contributed by atoms with Crippen molar-refractivity contribution in [3.8, 4) is 22.9 Å². The molecule has 4 heterocycles. The Labute approximate surface area is 168 Å². The zero-order valence-electron chi connectivity index (χ0n) is 15.9. The number of amides is 1. The standard InChI is InChI=1S/C19H16F3N5O3/c1-10-3-13(11-4-15(17(29-2)23-5-11)30-9-19(20,21)22)26-14-8-27(18(28)16(10)14)12-6-24-25-7-12/h3-7H,8-9H2,1-2H3,(H,24,25). The first-order valence-electron chi connectivity index (χ1n) is 8.82. The maximum absolute atomic E-state index is 12.8. The van der Waals surface area contributed by atoms with Gasteiger partial charge in [-0.25, -0.2) is 4.98 Å². The molecule has 30 heavy (non-hydrogen) atoms. The molecule has 4 rings (SSSR count). The molecule has 1 aliphatic heterocycles. The van der Waals surface area contributed by atoms with Gasteiger partial charge in [0.25, 0.3) is 11.8 Å². The number of fused-ring (bicyclic) bond motifs is 1. The van der Waals surface area contributed by atoms with E-state index < -0.39 is 12.8 Å². The molecule has 0 fully saturated rings. The minimum absolute atomic E-state index is 0.0674. The summed E-state index contributed by atoms with van der Waals surface area (Å²) >= 11 is 0. The molecule has 1 N–H and O–H groups in total. The van der Waals surface area contributed by atoms with Crippen LogP contribution in [-0.2, 0) is 6.54 Å². The molecule has 0 aromatic carbocycles. The van der Waals surface area contributed by atoms with Crippen LogP contribution in [0.3, 0.4) is 0 Å². The van der Waals surface area contributed by atoms with E-state index in [0.29, 0.717) is 33.8 Å². The van der Waals surface area contributed by atoms with Crippen LogP contribution in [0.5, 0.6) is 11.6 Å². The van der Waals surface area contributed by atoms with Crippen molar-refractivity contribution in [2.24, 2.45) is 0 Å². The fourth-order valence-corrected chi connectivity index (χ4v) is 3.24. The van der Waals surface area contributed by atoms with E-state index in [1.165, 1.54) is 25.6 Å². The number of aryl methyl sites for hydroxylation is 1. The summed E-state index contributed by atoms with van der Waals surface area (Å²) in [4.78, 5) is 22.9. The molecule has 0 aliphatic carbocycles. The monoisotopic (exact) mass is 419 g/mol. The lowest BCUT2D eigenvalue weighted by Crippen LogP contribution is -2.22. The predicted molar refractivity (Wildman–Crippen MR) is 99.4 cm³/mol. The number of aromatic nitrogens is 4. The quantitative estimate of drug-likeness (QED) is 0.682. The van der Waals surface area contributed by atoms with Crippen molar-refractivity contribution in [1.29, 1.82) is 0 Å². The largest absolute Gasteiger partial charge is 0.478 e. The van der Waals surface area contributed by atoms with Crippen LogP contribution in [0.1, 0.15) is 21.6 Å². The van der Waals surface area contributed by atoms with Crippen molar-refractivity contribution in [3.63, 3.8) is 0 Å². The first kappa shape index (κ1) is 19.7. The first-order valence-corrected chi connectivity index (χ1v) is 8.82. The number of halogens is 3. The Morgan fingerprint density at radius 1 is 1.27 bits per heavy atom. The minimum atomic E-state index is -4.50. The molecule has 3 aromatic rings. The SMILES string of the molecule is COc1ncc(-c2cc(C)c3c(n2)CN(c2cn[nH]c2)C3=O)cc1OCC(F)(F)F. The number of ether oxygens (including phenoxy) is 2. The van der Waals surface area contributed by atoms with Crippen molar-refractivity contribution >= 4 is 11.6 Å². The number of nitrogens with zero attached hydrogens (tertiary/aromatic N) is 4. The number of aromatic amines is 1. The number of methoxy groups -OCH3 is 1. The molecular formula is C19H16F3N5O3. The summed E-state index contributed by atoms with van der Waals surface area (Å²) in [6.45, 7) is 0.557. The Kier molecular flexibility index (Phi) is 4.80. The molecular weight excluding hydrogens is 403 g/mol. The number of anilines is 1. The Hall–Kier alpha value is -3.63. The van der Waals surface area contributed by atoms with Gasteiger partial charge < -0.3 is 9.47 Å². The number of pyridine rings is 2. The number of hydrogen-bond donors (Lipinski definition) is 1. The summed E-state index contributed by atoms with van der Waals surface area (Å²) in [7, 11) is 1.29. The van der Waals surface area contributed by atoms with E-state index in [2.05, 4.69) is 20.2 Å². The van der Waals surface area contributed by atoms with Crippen molar-refractivity contribution in [2.45, 2.75) is 19.6 Å². The second-order valence-electron chi connectivity index (χ2n) is 6.63. The summed E-state index contributed by atoms with van der Waals surface area (Å²) in [5, 5.41) is 6.53. The van der Waals surface area contributed by atoms with E-state index in [0.717, 1.165) is 0 Å². The lowest BCUT2D eigenvalue weighted by molar-refractivity contribution is -0.153. The van der Waals surface area contributed by atoms with Crippen molar-refractivity contribution in [2.75, 3.05) is 18.6 Å². The van der Waals surface area contributed by atoms with Gasteiger partial charge >= 0.3 is 6.18 Å². The van der Waals surface area contributed by atoms with Gasteiger partial charge in [-0.2, -0.15) is 18.3 Å². The van der Waals surface area contributed by atoms with E-state index in [1.54, 1.807) is 24.1 Å². The van der Waals surface area contributed by atoms with Crippen LogP contribution < -0.4 is 14.4 Å². The van der Waals surface area contributed by atoms with Crippen molar-refractivity contribution in [3.05, 3.63) is 47.5 Å². The number of alkyl halides is 3. The van der Waals surface area contributed by atoms with Crippen LogP contribution in [0.4, 0.5) is 18.9 Å². The molecule has 3 aromatic heterocycles. The third-order valence-corrected chi connectivity index (χ3v) is 4.55. The third kappa shape index (κ3) is 3.65. The highest BCUT2D eigenvalue weighted by Gasteiger charge is 2.33. The Balaban J connectivity index is 1.69. The number of hydrogen-bond acceptors (Lipinski definition) is 6. The topological polar surface area (TPSA) is 93.2 Å². The van der Waals surface area contributed by atoms with Crippen molar-refractivity contribution < 1.29 is 27.4 Å². The molecule has 8 nitrogen and oxygen atoms in total. The van der Waals surface area contributed by atoms with Gasteiger partial charge in [0.05, 0.1) is 42.5 Å². The normalized spacial score (nSPS) is 13.5. The fraction of sp³-hybridized carbons (Fsp3) is 0.263. The molecule has 0 radical (unpaired) electrons. The predicted octanol–water partition coefficient (Wildman–Crippen LogP) is 3.29. The van der Waals surface area contributed by atoms with Gasteiger partial charge in [0.1, 0.15) is 0 Å². The summed E-state index contributed by atoms with van der Waals surface area (Å²) in [6, 6.07) is 3.07. The zero-order chi connectivity index (χ0) is 21.5. The summed E-state index contributed by atoms with van der Waals surface area (Å²) in [5.41, 5.74) is 3.26. The van der Waals surface area contributed by atoms with Gasteiger partial charge in [-0.3, -0.25) is 19.8 Å². The molecule has 0 saturated heterocycles. The molecule has 0 unspecified atom stereocenters. The lowest BCUT2D eigenvalue weighted by atomic mass is 10.0. The Bertz CT molecular complexity index is 1100. The van der Waals surface area contributed by atoms with E-state index in [1.807, 2.05) is 0 Å². The van der Waals surface area contributed by atoms with Crippen LogP contribution >= 0.6 is 0 Å². The smallest absolute Gasteiger partial charge is 0.422 e. The molecule has 0 spiro atoms. The molecule has 1 amide bonds. The second kappa shape index (κ2) is 7.32. The fourth-order valence-electron chi connectivity index (χ4n) is 3.24. The van der Waals surface area contributed by atoms with E-state index >= 15 is 0 Å². The van der Waals surface area contributed by atoms with Gasteiger partial charge in [0.15, 0.2) is 12.4 Å². The maximum atomic E-state index is 12.8. The van der Waals surface area contributed by atoms with Crippen LogP contribution in [0.15, 0.2) is 30.7 Å². The average Bonchev–Trinajstić information content (AvgIpc) is 3.33. The highest BCUT2D eigenvalue weighted by atomic mass is 19.4. The molecule has 0 bridgehead atoms. The van der Waals surface area contributed by atoms with Gasteiger partial charge in [-0.05, 0) is 24.6 Å². The van der Waals surface area contributed by atoms with Crippen LogP contribution in [0.25, 0.3) is 11.3 Å². The van der Waals surface area contributed by atoms with Crippen molar-refractivity contribution in [1.82, 2.24) is 20.2 Å². The summed E-state index contributed by atoms with van der Waals surface area (Å²) in [5.74, 6) is -0.407. The first-order chi connectivity index (χ1) is 14.3. The number of carbonyl (C=O) groups excluding carboxylic acids is 1. The molecule has 156 valence electrons. The van der Waals surface area contributed by atoms with Gasteiger partial charge in [0.2, 0.25) is 0 Å².